The number of likely N-dealkylation sites (N-methyl/N-ethyl adjacent to an activating group) is 1. The molecule has 1 heterocycles. The Morgan fingerprint density at radius 2 is 2.23 bits per heavy atom. The van der Waals surface area contributed by atoms with Crippen LogP contribution in [-0.4, -0.2) is 37.2 Å². The van der Waals surface area contributed by atoms with E-state index in [0.29, 0.717) is 5.88 Å². The van der Waals surface area contributed by atoms with Gasteiger partial charge in [0.25, 0.3) is 0 Å². The maximum Gasteiger partial charge on any atom is 0.233 e. The van der Waals surface area contributed by atoms with Crippen molar-refractivity contribution < 1.29 is 4.74 Å². The molecule has 0 aliphatic carbocycles. The number of ether oxygens (including phenoxy) is 1. The zero-order valence-corrected chi connectivity index (χ0v) is 7.87. The minimum atomic E-state index is 0.523. The zero-order valence-electron chi connectivity index (χ0n) is 7.87. The average Bonchev–Trinajstić information content (AvgIpc) is 2.19. The Kier molecular flexibility index (Phi) is 3.98. The highest BCUT2D eigenvalue weighted by Crippen LogP contribution is 2.06. The lowest BCUT2D eigenvalue weighted by molar-refractivity contribution is 0.396. The monoisotopic (exact) mass is 182 g/mol. The fourth-order valence-electron chi connectivity index (χ4n) is 0.847. The van der Waals surface area contributed by atoms with E-state index < -0.39 is 0 Å². The highest BCUT2D eigenvalue weighted by molar-refractivity contribution is 5.32. The smallest absolute Gasteiger partial charge is 0.233 e. The SMILES string of the molecule is CNCCNc1cncc(OC)n1. The molecule has 0 atom stereocenters. The summed E-state index contributed by atoms with van der Waals surface area (Å²) in [6, 6.07) is 0. The summed E-state index contributed by atoms with van der Waals surface area (Å²) >= 11 is 0. The van der Waals surface area contributed by atoms with Gasteiger partial charge in [-0.1, -0.05) is 0 Å². The van der Waals surface area contributed by atoms with Gasteiger partial charge in [0.2, 0.25) is 5.88 Å². The van der Waals surface area contributed by atoms with Crippen molar-refractivity contribution in [2.75, 3.05) is 32.6 Å². The maximum atomic E-state index is 4.93. The first-order valence-electron chi connectivity index (χ1n) is 4.11. The van der Waals surface area contributed by atoms with Gasteiger partial charge >= 0.3 is 0 Å². The van der Waals surface area contributed by atoms with Crippen molar-refractivity contribution in [1.29, 1.82) is 0 Å². The maximum absolute atomic E-state index is 4.93. The number of hydrogen-bond acceptors (Lipinski definition) is 5. The Balaban J connectivity index is 2.46. The van der Waals surface area contributed by atoms with Gasteiger partial charge in [-0.3, -0.25) is 4.98 Å². The molecule has 1 aromatic rings. The van der Waals surface area contributed by atoms with Crippen molar-refractivity contribution in [1.82, 2.24) is 15.3 Å². The molecule has 13 heavy (non-hydrogen) atoms. The molecule has 0 unspecified atom stereocenters. The fourth-order valence-corrected chi connectivity index (χ4v) is 0.847. The summed E-state index contributed by atoms with van der Waals surface area (Å²) in [6.07, 6.45) is 3.24. The zero-order chi connectivity index (χ0) is 9.52. The van der Waals surface area contributed by atoms with Crippen LogP contribution in [0, 0.1) is 0 Å². The van der Waals surface area contributed by atoms with Crippen molar-refractivity contribution in [2.45, 2.75) is 0 Å². The molecule has 0 aliphatic rings. The van der Waals surface area contributed by atoms with E-state index in [2.05, 4.69) is 20.6 Å². The summed E-state index contributed by atoms with van der Waals surface area (Å²) in [4.78, 5) is 8.10. The molecule has 0 aromatic carbocycles. The number of rotatable bonds is 5. The van der Waals surface area contributed by atoms with Crippen molar-refractivity contribution in [2.24, 2.45) is 0 Å². The summed E-state index contributed by atoms with van der Waals surface area (Å²) < 4.78 is 4.93. The van der Waals surface area contributed by atoms with Crippen LogP contribution in [-0.2, 0) is 0 Å². The normalized spacial score (nSPS) is 9.69. The van der Waals surface area contributed by atoms with E-state index in [1.54, 1.807) is 19.5 Å². The topological polar surface area (TPSA) is 59.1 Å². The Hall–Kier alpha value is -1.36. The number of methoxy groups -OCH3 is 1. The lowest BCUT2D eigenvalue weighted by Gasteiger charge is -2.05. The molecule has 0 saturated carbocycles. The van der Waals surface area contributed by atoms with Gasteiger partial charge in [0.15, 0.2) is 0 Å². The predicted octanol–water partition coefficient (Wildman–Crippen LogP) is 0.116. The summed E-state index contributed by atoms with van der Waals surface area (Å²) in [6.45, 7) is 1.71. The quantitative estimate of drug-likeness (QED) is 0.633. The Bertz CT molecular complexity index is 254. The van der Waals surface area contributed by atoms with Crippen molar-refractivity contribution in [3.8, 4) is 5.88 Å². The second-order valence-corrected chi connectivity index (χ2v) is 2.48. The molecule has 0 spiro atoms. The number of hydrogen-bond donors (Lipinski definition) is 2. The van der Waals surface area contributed by atoms with E-state index in [0.717, 1.165) is 18.9 Å². The lowest BCUT2D eigenvalue weighted by atomic mass is 10.5. The number of anilines is 1. The second-order valence-electron chi connectivity index (χ2n) is 2.48. The summed E-state index contributed by atoms with van der Waals surface area (Å²) in [5.41, 5.74) is 0. The molecule has 5 nitrogen and oxygen atoms in total. The molecular weight excluding hydrogens is 168 g/mol. The van der Waals surface area contributed by atoms with Gasteiger partial charge in [-0.25, -0.2) is 0 Å². The molecule has 1 aromatic heterocycles. The first kappa shape index (κ1) is 9.73. The van der Waals surface area contributed by atoms with Gasteiger partial charge in [-0.05, 0) is 7.05 Å². The number of aromatic nitrogens is 2. The van der Waals surface area contributed by atoms with E-state index in [1.807, 2.05) is 7.05 Å². The van der Waals surface area contributed by atoms with Crippen LogP contribution in [0.2, 0.25) is 0 Å². The van der Waals surface area contributed by atoms with E-state index >= 15 is 0 Å². The molecular formula is C8H14N4O. The fraction of sp³-hybridized carbons (Fsp3) is 0.500. The van der Waals surface area contributed by atoms with Crippen LogP contribution in [0.5, 0.6) is 5.88 Å². The molecule has 2 N–H and O–H groups in total. The van der Waals surface area contributed by atoms with E-state index in [4.69, 9.17) is 4.74 Å². The van der Waals surface area contributed by atoms with E-state index in [9.17, 15) is 0 Å². The third-order valence-electron chi connectivity index (χ3n) is 1.50. The van der Waals surface area contributed by atoms with E-state index in [-0.39, 0.29) is 0 Å². The average molecular weight is 182 g/mol. The summed E-state index contributed by atoms with van der Waals surface area (Å²) in [5, 5.41) is 6.13. The van der Waals surface area contributed by atoms with Gasteiger partial charge in [-0.15, -0.1) is 0 Å². The van der Waals surface area contributed by atoms with Gasteiger partial charge in [0, 0.05) is 13.1 Å². The van der Waals surface area contributed by atoms with Crippen LogP contribution in [0.15, 0.2) is 12.4 Å². The van der Waals surface area contributed by atoms with Gasteiger partial charge in [0.05, 0.1) is 19.5 Å². The highest BCUT2D eigenvalue weighted by Gasteiger charge is 1.95. The Morgan fingerprint density at radius 1 is 1.38 bits per heavy atom. The van der Waals surface area contributed by atoms with Crippen LogP contribution in [0.4, 0.5) is 5.82 Å². The number of nitrogens with zero attached hydrogens (tertiary/aromatic N) is 2. The molecule has 0 amide bonds. The molecule has 0 radical (unpaired) electrons. The molecule has 5 heteroatoms. The molecule has 0 saturated heterocycles. The lowest BCUT2D eigenvalue weighted by Crippen LogP contribution is -2.18. The van der Waals surface area contributed by atoms with Crippen LogP contribution in [0.3, 0.4) is 0 Å². The second kappa shape index (κ2) is 5.31. The third kappa shape index (κ3) is 3.25. The van der Waals surface area contributed by atoms with E-state index in [1.165, 1.54) is 0 Å². The third-order valence-corrected chi connectivity index (χ3v) is 1.50. The van der Waals surface area contributed by atoms with Gasteiger partial charge < -0.3 is 15.4 Å². The molecule has 0 fully saturated rings. The standard InChI is InChI=1S/C8H14N4O/c1-9-3-4-11-7-5-10-6-8(12-7)13-2/h5-6,9H,3-4H2,1-2H3,(H,11,12). The summed E-state index contributed by atoms with van der Waals surface area (Å²) in [5.74, 6) is 1.25. The minimum absolute atomic E-state index is 0.523. The van der Waals surface area contributed by atoms with Crippen LogP contribution in [0.1, 0.15) is 0 Å². The first-order chi connectivity index (χ1) is 6.36. The highest BCUT2D eigenvalue weighted by atomic mass is 16.5. The largest absolute Gasteiger partial charge is 0.480 e. The molecule has 0 bridgehead atoms. The molecule has 0 aliphatic heterocycles. The van der Waals surface area contributed by atoms with Gasteiger partial charge in [0.1, 0.15) is 5.82 Å². The Labute approximate surface area is 77.5 Å². The predicted molar refractivity (Wildman–Crippen MR) is 51.0 cm³/mol. The molecule has 72 valence electrons. The Morgan fingerprint density at radius 3 is 2.92 bits per heavy atom. The minimum Gasteiger partial charge on any atom is -0.480 e. The van der Waals surface area contributed by atoms with Crippen LogP contribution < -0.4 is 15.4 Å². The summed E-state index contributed by atoms with van der Waals surface area (Å²) in [7, 11) is 3.47. The van der Waals surface area contributed by atoms with Gasteiger partial charge in [-0.2, -0.15) is 4.98 Å². The molecule has 1 rings (SSSR count). The van der Waals surface area contributed by atoms with Crippen molar-refractivity contribution in [3.05, 3.63) is 12.4 Å². The first-order valence-corrected chi connectivity index (χ1v) is 4.11. The van der Waals surface area contributed by atoms with Crippen LogP contribution >= 0.6 is 0 Å². The van der Waals surface area contributed by atoms with Crippen molar-refractivity contribution in [3.63, 3.8) is 0 Å². The number of nitrogens with one attached hydrogen (secondary N) is 2. The van der Waals surface area contributed by atoms with Crippen molar-refractivity contribution >= 4 is 5.82 Å². The van der Waals surface area contributed by atoms with Crippen LogP contribution in [0.25, 0.3) is 0 Å².